The molecule has 1 heterocycles. The average Bonchev–Trinajstić information content (AvgIpc) is 2.32. The average molecular weight is 303 g/mol. The molecule has 0 spiro atoms. The first-order valence-electron chi connectivity index (χ1n) is 6.49. The molecule has 108 valence electrons. The van der Waals surface area contributed by atoms with Crippen molar-refractivity contribution >= 4 is 23.0 Å². The Labute approximate surface area is 124 Å². The number of rotatable bonds is 4. The fourth-order valence-corrected chi connectivity index (χ4v) is 3.27. The molecule has 1 rings (SSSR count). The van der Waals surface area contributed by atoms with Crippen LogP contribution in [0.2, 0.25) is 5.02 Å². The lowest BCUT2D eigenvalue weighted by molar-refractivity contribution is 0.339. The molecule has 0 saturated heterocycles. The van der Waals surface area contributed by atoms with Gasteiger partial charge in [-0.15, -0.1) is 4.31 Å². The van der Waals surface area contributed by atoms with E-state index in [-0.39, 0.29) is 10.8 Å². The number of nitrogens with zero attached hydrogens (tertiary/aromatic N) is 2. The van der Waals surface area contributed by atoms with Gasteiger partial charge in [0.1, 0.15) is 4.75 Å². The van der Waals surface area contributed by atoms with E-state index in [1.165, 1.54) is 0 Å². The van der Waals surface area contributed by atoms with Crippen LogP contribution in [0.1, 0.15) is 51.9 Å². The van der Waals surface area contributed by atoms with Crippen LogP contribution in [0, 0.1) is 6.92 Å². The van der Waals surface area contributed by atoms with Gasteiger partial charge >= 0.3 is 0 Å². The van der Waals surface area contributed by atoms with Crippen LogP contribution < -0.4 is 0 Å². The van der Waals surface area contributed by atoms with Crippen LogP contribution in [0.15, 0.2) is 12.3 Å². The minimum Gasteiger partial charge on any atom is -0.597 e. The highest BCUT2D eigenvalue weighted by Crippen LogP contribution is 2.29. The summed E-state index contributed by atoms with van der Waals surface area (Å²) >= 11 is 5.07. The van der Waals surface area contributed by atoms with Crippen LogP contribution in [0.3, 0.4) is 0 Å². The van der Waals surface area contributed by atoms with E-state index in [9.17, 15) is 4.55 Å². The van der Waals surface area contributed by atoms with Gasteiger partial charge in [0.15, 0.2) is 0 Å². The molecule has 19 heavy (non-hydrogen) atoms. The van der Waals surface area contributed by atoms with E-state index in [2.05, 4.69) is 4.98 Å². The molecule has 0 aliphatic carbocycles. The lowest BCUT2D eigenvalue weighted by Gasteiger charge is -2.35. The first kappa shape index (κ1) is 16.8. The second-order valence-corrected chi connectivity index (χ2v) is 8.23. The Bertz CT molecular complexity index is 434. The topological polar surface area (TPSA) is 39.2 Å². The van der Waals surface area contributed by atoms with Crippen molar-refractivity contribution in [3.8, 4) is 0 Å². The number of aromatic nitrogens is 1. The Kier molecular flexibility index (Phi) is 5.68. The van der Waals surface area contributed by atoms with Crippen molar-refractivity contribution in [2.75, 3.05) is 6.54 Å². The zero-order chi connectivity index (χ0) is 14.8. The lowest BCUT2D eigenvalue weighted by Crippen LogP contribution is -2.44. The molecule has 1 aromatic rings. The van der Waals surface area contributed by atoms with Crippen LogP contribution >= 0.6 is 11.6 Å². The van der Waals surface area contributed by atoms with Crippen molar-refractivity contribution in [3.05, 3.63) is 28.5 Å². The van der Waals surface area contributed by atoms with E-state index in [0.717, 1.165) is 11.3 Å². The van der Waals surface area contributed by atoms with Gasteiger partial charge in [0.05, 0.1) is 11.7 Å². The summed E-state index contributed by atoms with van der Waals surface area (Å²) in [6, 6.07) is 1.84. The van der Waals surface area contributed by atoms with E-state index < -0.39 is 11.4 Å². The standard InChI is InChI=1S/C14H23ClN2OS/c1-7-17(19(18)14(4,5)6)11(3)13-8-12(15)10(2)9-16-13/h8-9,11H,7H2,1-6H3/t11?,19-/m1/s1. The Morgan fingerprint density at radius 3 is 2.47 bits per heavy atom. The lowest BCUT2D eigenvalue weighted by atomic mass is 10.2. The predicted molar refractivity (Wildman–Crippen MR) is 82.7 cm³/mol. The molecule has 3 nitrogen and oxygen atoms in total. The van der Waals surface area contributed by atoms with Gasteiger partial charge in [-0.2, -0.15) is 0 Å². The molecule has 1 unspecified atom stereocenters. The third kappa shape index (κ3) is 4.09. The zero-order valence-corrected chi connectivity index (χ0v) is 14.1. The molecule has 0 aliphatic heterocycles. The maximum atomic E-state index is 12.5. The van der Waals surface area contributed by atoms with Crippen LogP contribution in [0.5, 0.6) is 0 Å². The maximum Gasteiger partial charge on any atom is 0.137 e. The van der Waals surface area contributed by atoms with E-state index in [4.69, 9.17) is 11.6 Å². The van der Waals surface area contributed by atoms with Crippen molar-refractivity contribution in [2.24, 2.45) is 0 Å². The zero-order valence-electron chi connectivity index (χ0n) is 12.5. The van der Waals surface area contributed by atoms with Crippen LogP contribution in [-0.2, 0) is 11.4 Å². The van der Waals surface area contributed by atoms with Gasteiger partial charge in [-0.3, -0.25) is 4.98 Å². The molecule has 0 amide bonds. The summed E-state index contributed by atoms with van der Waals surface area (Å²) in [5.74, 6) is 0. The minimum absolute atomic E-state index is 0.0249. The SMILES string of the molecule is CCN(C(C)c1cc(Cl)c(C)cn1)[S@+]([O-])C(C)(C)C. The van der Waals surface area contributed by atoms with Crippen molar-refractivity contribution in [1.82, 2.24) is 9.29 Å². The summed E-state index contributed by atoms with van der Waals surface area (Å²) in [4.78, 5) is 4.41. The maximum absolute atomic E-state index is 12.5. The summed E-state index contributed by atoms with van der Waals surface area (Å²) in [7, 11) is 0. The largest absolute Gasteiger partial charge is 0.597 e. The second kappa shape index (κ2) is 6.44. The number of hydrogen-bond acceptors (Lipinski definition) is 3. The number of hydrogen-bond donors (Lipinski definition) is 0. The third-order valence-corrected chi connectivity index (χ3v) is 5.42. The second-order valence-electron chi connectivity index (χ2n) is 5.63. The van der Waals surface area contributed by atoms with Gasteiger partial charge in [0.25, 0.3) is 0 Å². The van der Waals surface area contributed by atoms with Crippen LogP contribution in [0.4, 0.5) is 0 Å². The summed E-state index contributed by atoms with van der Waals surface area (Å²) < 4.78 is 14.2. The quantitative estimate of drug-likeness (QED) is 0.792. The number of pyridine rings is 1. The molecular weight excluding hydrogens is 280 g/mol. The molecule has 0 aliphatic rings. The predicted octanol–water partition coefficient (Wildman–Crippen LogP) is 3.89. The molecule has 0 N–H and O–H groups in total. The summed E-state index contributed by atoms with van der Waals surface area (Å²) in [5.41, 5.74) is 1.81. The van der Waals surface area contributed by atoms with Gasteiger partial charge in [-0.1, -0.05) is 11.6 Å². The van der Waals surface area contributed by atoms with Crippen LogP contribution in [0.25, 0.3) is 0 Å². The van der Waals surface area contributed by atoms with Crippen molar-refractivity contribution in [2.45, 2.75) is 52.3 Å². The number of halogens is 1. The molecule has 0 bridgehead atoms. The van der Waals surface area contributed by atoms with Crippen molar-refractivity contribution in [1.29, 1.82) is 0 Å². The summed E-state index contributed by atoms with van der Waals surface area (Å²) in [6.45, 7) is 12.6. The monoisotopic (exact) mass is 302 g/mol. The number of aryl methyl sites for hydroxylation is 1. The van der Waals surface area contributed by atoms with Crippen LogP contribution in [-0.4, -0.2) is 25.1 Å². The van der Waals surface area contributed by atoms with Gasteiger partial charge in [0, 0.05) is 29.1 Å². The van der Waals surface area contributed by atoms with E-state index in [1.807, 2.05) is 51.9 Å². The molecular formula is C14H23ClN2OS. The summed E-state index contributed by atoms with van der Waals surface area (Å²) in [6.07, 6.45) is 1.77. The normalized spacial score (nSPS) is 15.6. The fourth-order valence-electron chi connectivity index (χ4n) is 1.78. The Hall–Kier alpha value is -0.290. The van der Waals surface area contributed by atoms with E-state index in [1.54, 1.807) is 6.20 Å². The third-order valence-electron chi connectivity index (χ3n) is 2.97. The highest BCUT2D eigenvalue weighted by atomic mass is 35.5. The molecule has 0 radical (unpaired) electrons. The Morgan fingerprint density at radius 1 is 1.47 bits per heavy atom. The van der Waals surface area contributed by atoms with Gasteiger partial charge in [-0.05, 0) is 53.2 Å². The van der Waals surface area contributed by atoms with Crippen molar-refractivity contribution in [3.63, 3.8) is 0 Å². The molecule has 0 fully saturated rings. The van der Waals surface area contributed by atoms with Gasteiger partial charge in [0.2, 0.25) is 0 Å². The first-order chi connectivity index (χ1) is 8.68. The summed E-state index contributed by atoms with van der Waals surface area (Å²) in [5, 5.41) is 0.703. The molecule has 1 aromatic heterocycles. The first-order valence-corrected chi connectivity index (χ1v) is 7.97. The molecule has 5 heteroatoms. The highest BCUT2D eigenvalue weighted by Gasteiger charge is 2.36. The highest BCUT2D eigenvalue weighted by molar-refractivity contribution is 7.90. The smallest absolute Gasteiger partial charge is 0.137 e. The minimum atomic E-state index is -1.07. The van der Waals surface area contributed by atoms with Gasteiger partial charge in [-0.25, -0.2) is 0 Å². The Morgan fingerprint density at radius 2 is 2.05 bits per heavy atom. The van der Waals surface area contributed by atoms with E-state index in [0.29, 0.717) is 11.6 Å². The molecule has 2 atom stereocenters. The van der Waals surface area contributed by atoms with Gasteiger partial charge < -0.3 is 4.55 Å². The fraction of sp³-hybridized carbons (Fsp3) is 0.643. The van der Waals surface area contributed by atoms with E-state index >= 15 is 0 Å². The Balaban J connectivity index is 3.01. The molecule has 0 aromatic carbocycles. The molecule has 0 saturated carbocycles. The van der Waals surface area contributed by atoms with Crippen molar-refractivity contribution < 1.29 is 4.55 Å².